The third-order valence-electron chi connectivity index (χ3n) is 2.52. The molecule has 0 aliphatic heterocycles. The molecule has 0 aromatic heterocycles. The van der Waals surface area contributed by atoms with Crippen LogP contribution >= 0.6 is 0 Å². The number of rotatable bonds is 7. The second-order valence-electron chi connectivity index (χ2n) is 3.75. The third-order valence-corrected chi connectivity index (χ3v) is 2.52. The van der Waals surface area contributed by atoms with Gasteiger partial charge in [-0.05, 0) is 31.0 Å². The molecule has 0 radical (unpaired) electrons. The monoisotopic (exact) mass is 223 g/mol. The van der Waals surface area contributed by atoms with E-state index in [1.54, 1.807) is 0 Å². The summed E-state index contributed by atoms with van der Waals surface area (Å²) in [5.41, 5.74) is 1.18. The minimum absolute atomic E-state index is 0.177. The summed E-state index contributed by atoms with van der Waals surface area (Å²) >= 11 is 0. The van der Waals surface area contributed by atoms with Crippen LogP contribution in [0.1, 0.15) is 25.8 Å². The molecule has 1 aromatic rings. The van der Waals surface area contributed by atoms with Crippen LogP contribution < -0.4 is 10.1 Å². The zero-order valence-electron chi connectivity index (χ0n) is 10.1. The molecular formula is C13H21NO2. The number of nitrogens with one attached hydrogen (secondary N) is 1. The van der Waals surface area contributed by atoms with Crippen LogP contribution in [0, 0.1) is 0 Å². The molecule has 90 valence electrons. The lowest BCUT2D eigenvalue weighted by molar-refractivity contribution is 0.238. The van der Waals surface area contributed by atoms with E-state index >= 15 is 0 Å². The first kappa shape index (κ1) is 13.0. The maximum Gasteiger partial charge on any atom is 0.119 e. The molecule has 0 spiro atoms. The highest BCUT2D eigenvalue weighted by Gasteiger charge is 2.03. The van der Waals surface area contributed by atoms with Crippen LogP contribution in [-0.4, -0.2) is 24.4 Å². The van der Waals surface area contributed by atoms with Gasteiger partial charge in [0.15, 0.2) is 0 Å². The fourth-order valence-corrected chi connectivity index (χ4v) is 1.51. The molecule has 0 aliphatic carbocycles. The molecule has 16 heavy (non-hydrogen) atoms. The first-order valence-corrected chi connectivity index (χ1v) is 5.86. The van der Waals surface area contributed by atoms with Crippen molar-refractivity contribution in [2.24, 2.45) is 0 Å². The average Bonchev–Trinajstić information content (AvgIpc) is 2.31. The molecule has 0 saturated carbocycles. The second kappa shape index (κ2) is 7.25. The van der Waals surface area contributed by atoms with E-state index in [0.717, 1.165) is 18.7 Å². The Labute approximate surface area is 97.4 Å². The van der Waals surface area contributed by atoms with Gasteiger partial charge >= 0.3 is 0 Å². The topological polar surface area (TPSA) is 41.5 Å². The molecule has 0 fully saturated rings. The van der Waals surface area contributed by atoms with Crippen molar-refractivity contribution >= 4 is 0 Å². The number of hydrogen-bond donors (Lipinski definition) is 2. The van der Waals surface area contributed by atoms with E-state index in [1.165, 1.54) is 5.56 Å². The molecule has 3 heteroatoms. The van der Waals surface area contributed by atoms with E-state index in [1.807, 2.05) is 25.1 Å². The summed E-state index contributed by atoms with van der Waals surface area (Å²) in [6.45, 7) is 5.67. The summed E-state index contributed by atoms with van der Waals surface area (Å²) in [6.07, 6.45) is 0.932. The maximum absolute atomic E-state index is 9.06. The first-order valence-electron chi connectivity index (χ1n) is 5.86. The van der Waals surface area contributed by atoms with Crippen LogP contribution in [-0.2, 0) is 6.54 Å². The molecule has 1 atom stereocenters. The summed E-state index contributed by atoms with van der Waals surface area (Å²) in [6, 6.07) is 8.20. The minimum atomic E-state index is 0.177. The lowest BCUT2D eigenvalue weighted by Crippen LogP contribution is -2.31. The summed E-state index contributed by atoms with van der Waals surface area (Å²) < 4.78 is 5.43. The lowest BCUT2D eigenvalue weighted by Gasteiger charge is -2.14. The molecule has 0 aliphatic rings. The van der Waals surface area contributed by atoms with Crippen molar-refractivity contribution in [3.8, 4) is 5.75 Å². The highest BCUT2D eigenvalue weighted by atomic mass is 16.5. The number of ether oxygens (including phenoxy) is 1. The van der Waals surface area contributed by atoms with Gasteiger partial charge in [0.05, 0.1) is 13.2 Å². The molecule has 0 bridgehead atoms. The Balaban J connectivity index is 2.49. The molecule has 0 heterocycles. The highest BCUT2D eigenvalue weighted by molar-refractivity contribution is 5.28. The SMILES string of the molecule is CCOc1cccc(CNC(CC)CO)c1. The highest BCUT2D eigenvalue weighted by Crippen LogP contribution is 2.13. The quantitative estimate of drug-likeness (QED) is 0.742. The predicted molar refractivity (Wildman–Crippen MR) is 65.6 cm³/mol. The van der Waals surface area contributed by atoms with Crippen LogP contribution in [0.15, 0.2) is 24.3 Å². The van der Waals surface area contributed by atoms with Gasteiger partial charge in [0.1, 0.15) is 5.75 Å². The number of aliphatic hydroxyl groups excluding tert-OH is 1. The van der Waals surface area contributed by atoms with E-state index in [4.69, 9.17) is 9.84 Å². The van der Waals surface area contributed by atoms with Gasteiger partial charge < -0.3 is 15.2 Å². The minimum Gasteiger partial charge on any atom is -0.494 e. The van der Waals surface area contributed by atoms with Crippen molar-refractivity contribution in [1.29, 1.82) is 0 Å². The van der Waals surface area contributed by atoms with Gasteiger partial charge in [0.2, 0.25) is 0 Å². The fourth-order valence-electron chi connectivity index (χ4n) is 1.51. The Hall–Kier alpha value is -1.06. The van der Waals surface area contributed by atoms with Crippen molar-refractivity contribution in [2.75, 3.05) is 13.2 Å². The molecule has 1 aromatic carbocycles. The normalized spacial score (nSPS) is 12.4. The van der Waals surface area contributed by atoms with Crippen molar-refractivity contribution in [3.05, 3.63) is 29.8 Å². The summed E-state index contributed by atoms with van der Waals surface area (Å²) in [4.78, 5) is 0. The van der Waals surface area contributed by atoms with Gasteiger partial charge in [0, 0.05) is 12.6 Å². The Morgan fingerprint density at radius 2 is 2.19 bits per heavy atom. The van der Waals surface area contributed by atoms with E-state index in [-0.39, 0.29) is 12.6 Å². The third kappa shape index (κ3) is 4.21. The Bertz CT molecular complexity index is 298. The van der Waals surface area contributed by atoms with Crippen LogP contribution in [0.2, 0.25) is 0 Å². The van der Waals surface area contributed by atoms with Crippen LogP contribution in [0.3, 0.4) is 0 Å². The lowest BCUT2D eigenvalue weighted by atomic mass is 10.2. The molecule has 1 rings (SSSR count). The molecule has 1 unspecified atom stereocenters. The zero-order chi connectivity index (χ0) is 11.8. The Morgan fingerprint density at radius 1 is 1.38 bits per heavy atom. The Kier molecular flexibility index (Phi) is 5.90. The largest absolute Gasteiger partial charge is 0.494 e. The second-order valence-corrected chi connectivity index (χ2v) is 3.75. The van der Waals surface area contributed by atoms with E-state index in [0.29, 0.717) is 6.61 Å². The van der Waals surface area contributed by atoms with Crippen LogP contribution in [0.5, 0.6) is 5.75 Å². The van der Waals surface area contributed by atoms with Gasteiger partial charge in [-0.15, -0.1) is 0 Å². The van der Waals surface area contributed by atoms with Gasteiger partial charge in [-0.25, -0.2) is 0 Å². The van der Waals surface area contributed by atoms with Crippen molar-refractivity contribution < 1.29 is 9.84 Å². The van der Waals surface area contributed by atoms with Gasteiger partial charge in [-0.1, -0.05) is 19.1 Å². The molecule has 0 amide bonds. The van der Waals surface area contributed by atoms with Crippen molar-refractivity contribution in [3.63, 3.8) is 0 Å². The van der Waals surface area contributed by atoms with Gasteiger partial charge in [-0.2, -0.15) is 0 Å². The predicted octanol–water partition coefficient (Wildman–Crippen LogP) is 1.95. The molecular weight excluding hydrogens is 202 g/mol. The number of hydrogen-bond acceptors (Lipinski definition) is 3. The van der Waals surface area contributed by atoms with Crippen molar-refractivity contribution in [1.82, 2.24) is 5.32 Å². The number of benzene rings is 1. The molecule has 0 saturated heterocycles. The van der Waals surface area contributed by atoms with E-state index < -0.39 is 0 Å². The van der Waals surface area contributed by atoms with E-state index in [9.17, 15) is 0 Å². The van der Waals surface area contributed by atoms with Crippen LogP contribution in [0.4, 0.5) is 0 Å². The number of aliphatic hydroxyl groups is 1. The average molecular weight is 223 g/mol. The summed E-state index contributed by atoms with van der Waals surface area (Å²) in [5, 5.41) is 12.4. The fraction of sp³-hybridized carbons (Fsp3) is 0.538. The summed E-state index contributed by atoms with van der Waals surface area (Å²) in [5.74, 6) is 0.902. The van der Waals surface area contributed by atoms with Gasteiger partial charge in [-0.3, -0.25) is 0 Å². The molecule has 2 N–H and O–H groups in total. The smallest absolute Gasteiger partial charge is 0.119 e. The Morgan fingerprint density at radius 3 is 2.81 bits per heavy atom. The van der Waals surface area contributed by atoms with Crippen molar-refractivity contribution in [2.45, 2.75) is 32.9 Å². The van der Waals surface area contributed by atoms with Crippen LogP contribution in [0.25, 0.3) is 0 Å². The molecule has 3 nitrogen and oxygen atoms in total. The standard InChI is InChI=1S/C13H21NO2/c1-3-12(10-15)14-9-11-6-5-7-13(8-11)16-4-2/h5-8,12,14-15H,3-4,9-10H2,1-2H3. The zero-order valence-corrected chi connectivity index (χ0v) is 10.1. The first-order chi connectivity index (χ1) is 7.80. The van der Waals surface area contributed by atoms with E-state index in [2.05, 4.69) is 18.3 Å². The summed E-state index contributed by atoms with van der Waals surface area (Å²) in [7, 11) is 0. The van der Waals surface area contributed by atoms with Gasteiger partial charge in [0.25, 0.3) is 0 Å². The maximum atomic E-state index is 9.06.